The molecule has 4 aromatic heterocycles. The molecule has 1 aromatic carbocycles. The van der Waals surface area contributed by atoms with Crippen LogP contribution in [0.5, 0.6) is 0 Å². The number of fused-ring (bicyclic) bond motifs is 1. The molecule has 0 unspecified atom stereocenters. The van der Waals surface area contributed by atoms with Gasteiger partial charge in [-0.3, -0.25) is 4.98 Å². The molecule has 3 N–H and O–H groups in total. The van der Waals surface area contributed by atoms with Crippen LogP contribution in [0.15, 0.2) is 47.3 Å². The van der Waals surface area contributed by atoms with Gasteiger partial charge in [-0.2, -0.15) is 5.21 Å². The van der Waals surface area contributed by atoms with E-state index < -0.39 is 5.69 Å². The number of aromatic nitrogens is 9. The molecule has 0 radical (unpaired) electrons. The number of nitrogen functional groups attached to an aromatic ring is 1. The number of aromatic amines is 1. The van der Waals surface area contributed by atoms with Crippen LogP contribution in [0.4, 0.5) is 5.95 Å². The standard InChI is InChI=1S/C20H18N10O/c1-11-8-14(9-12(2)22-11)16-17(13-6-4-3-5-7-13)23-19(21)30-18(16)26-29(20(30)31)10-15-24-27-28-25-15/h3-9H,10H2,1-2H3,(H2,21,23)(H,24,25,27,28). The van der Waals surface area contributed by atoms with Gasteiger partial charge in [-0.15, -0.1) is 15.3 Å². The van der Waals surface area contributed by atoms with E-state index >= 15 is 0 Å². The Morgan fingerprint density at radius 1 is 1.03 bits per heavy atom. The minimum atomic E-state index is -0.437. The second-order valence-electron chi connectivity index (χ2n) is 7.13. The average molecular weight is 414 g/mol. The Labute approximate surface area is 175 Å². The molecular formula is C20H18N10O. The second-order valence-corrected chi connectivity index (χ2v) is 7.13. The van der Waals surface area contributed by atoms with E-state index in [4.69, 9.17) is 5.73 Å². The van der Waals surface area contributed by atoms with Gasteiger partial charge < -0.3 is 5.73 Å². The number of nitrogens with one attached hydrogen (secondary N) is 1. The molecule has 0 aliphatic carbocycles. The fraction of sp³-hybridized carbons (Fsp3) is 0.150. The third kappa shape index (κ3) is 3.21. The summed E-state index contributed by atoms with van der Waals surface area (Å²) < 4.78 is 2.55. The molecule has 5 rings (SSSR count). The van der Waals surface area contributed by atoms with Crippen LogP contribution >= 0.6 is 0 Å². The molecule has 0 saturated carbocycles. The molecule has 0 aliphatic rings. The van der Waals surface area contributed by atoms with Gasteiger partial charge in [0.1, 0.15) is 6.54 Å². The fourth-order valence-electron chi connectivity index (χ4n) is 3.64. The van der Waals surface area contributed by atoms with Crippen molar-refractivity contribution in [1.82, 2.24) is 44.8 Å². The number of nitrogens with zero attached hydrogens (tertiary/aromatic N) is 8. The van der Waals surface area contributed by atoms with Gasteiger partial charge in [0, 0.05) is 17.0 Å². The van der Waals surface area contributed by atoms with E-state index in [9.17, 15) is 4.79 Å². The molecule has 0 fully saturated rings. The van der Waals surface area contributed by atoms with E-state index in [0.717, 1.165) is 22.5 Å². The Morgan fingerprint density at radius 2 is 1.77 bits per heavy atom. The molecular weight excluding hydrogens is 396 g/mol. The number of pyridine rings is 1. The Morgan fingerprint density at radius 3 is 2.45 bits per heavy atom. The van der Waals surface area contributed by atoms with E-state index in [2.05, 4.69) is 35.7 Å². The van der Waals surface area contributed by atoms with E-state index in [0.29, 0.717) is 22.7 Å². The van der Waals surface area contributed by atoms with Crippen LogP contribution in [0.3, 0.4) is 0 Å². The maximum absolute atomic E-state index is 13.1. The van der Waals surface area contributed by atoms with Crippen molar-refractivity contribution in [2.75, 3.05) is 5.73 Å². The van der Waals surface area contributed by atoms with Gasteiger partial charge in [0.25, 0.3) is 0 Å². The highest BCUT2D eigenvalue weighted by Gasteiger charge is 2.22. The lowest BCUT2D eigenvalue weighted by atomic mass is 9.99. The van der Waals surface area contributed by atoms with Crippen molar-refractivity contribution < 1.29 is 0 Å². The minimum Gasteiger partial charge on any atom is -0.369 e. The van der Waals surface area contributed by atoms with Gasteiger partial charge >= 0.3 is 5.69 Å². The SMILES string of the molecule is Cc1cc(-c2c(-c3ccccc3)nc(N)n3c(=O)n(Cc4nn[nH]n4)nc23)cc(C)n1. The minimum absolute atomic E-state index is 0.0458. The fourth-order valence-corrected chi connectivity index (χ4v) is 3.64. The lowest BCUT2D eigenvalue weighted by Crippen LogP contribution is -2.24. The summed E-state index contributed by atoms with van der Waals surface area (Å²) in [4.78, 5) is 22.1. The number of H-pyrrole nitrogens is 1. The summed E-state index contributed by atoms with van der Waals surface area (Å²) in [6, 6.07) is 13.5. The summed E-state index contributed by atoms with van der Waals surface area (Å²) in [7, 11) is 0. The first-order valence-corrected chi connectivity index (χ1v) is 9.53. The molecule has 31 heavy (non-hydrogen) atoms. The molecule has 5 aromatic rings. The van der Waals surface area contributed by atoms with Gasteiger partial charge in [-0.1, -0.05) is 35.5 Å². The number of rotatable bonds is 4. The summed E-state index contributed by atoms with van der Waals surface area (Å²) in [6.07, 6.45) is 0. The summed E-state index contributed by atoms with van der Waals surface area (Å²) >= 11 is 0. The van der Waals surface area contributed by atoms with Crippen LogP contribution in [0.25, 0.3) is 28.0 Å². The Kier molecular flexibility index (Phi) is 4.28. The van der Waals surface area contributed by atoms with Gasteiger partial charge in [0.15, 0.2) is 11.5 Å². The normalized spacial score (nSPS) is 11.3. The van der Waals surface area contributed by atoms with E-state index in [1.807, 2.05) is 56.3 Å². The third-order valence-electron chi connectivity index (χ3n) is 4.85. The first-order valence-electron chi connectivity index (χ1n) is 9.53. The topological polar surface area (TPSA) is 146 Å². The molecule has 0 bridgehead atoms. The van der Waals surface area contributed by atoms with Crippen LogP contribution in [-0.4, -0.2) is 44.8 Å². The molecule has 0 saturated heterocycles. The van der Waals surface area contributed by atoms with Crippen molar-refractivity contribution in [3.8, 4) is 22.4 Å². The number of benzene rings is 1. The van der Waals surface area contributed by atoms with Crippen LogP contribution in [0, 0.1) is 13.8 Å². The van der Waals surface area contributed by atoms with E-state index in [1.165, 1.54) is 9.08 Å². The lowest BCUT2D eigenvalue weighted by Gasteiger charge is -2.13. The van der Waals surface area contributed by atoms with Crippen molar-refractivity contribution in [1.29, 1.82) is 0 Å². The van der Waals surface area contributed by atoms with Gasteiger partial charge in [0.2, 0.25) is 5.95 Å². The highest BCUT2D eigenvalue weighted by Crippen LogP contribution is 2.34. The van der Waals surface area contributed by atoms with Crippen LogP contribution < -0.4 is 11.4 Å². The first kappa shape index (κ1) is 18.6. The number of aryl methyl sites for hydroxylation is 2. The highest BCUT2D eigenvalue weighted by molar-refractivity contribution is 5.90. The number of hydrogen-bond acceptors (Lipinski definition) is 8. The zero-order chi connectivity index (χ0) is 21.5. The third-order valence-corrected chi connectivity index (χ3v) is 4.85. The van der Waals surface area contributed by atoms with Gasteiger partial charge in [-0.25, -0.2) is 18.9 Å². The molecule has 11 heteroatoms. The summed E-state index contributed by atoms with van der Waals surface area (Å²) in [5.41, 5.74) is 10.9. The summed E-state index contributed by atoms with van der Waals surface area (Å²) in [6.45, 7) is 3.88. The number of anilines is 1. The maximum Gasteiger partial charge on any atom is 0.353 e. The van der Waals surface area contributed by atoms with Crippen molar-refractivity contribution in [3.63, 3.8) is 0 Å². The van der Waals surface area contributed by atoms with Crippen molar-refractivity contribution in [3.05, 3.63) is 70.2 Å². The zero-order valence-electron chi connectivity index (χ0n) is 16.8. The van der Waals surface area contributed by atoms with Gasteiger partial charge in [-0.05, 0) is 31.5 Å². The van der Waals surface area contributed by atoms with Crippen molar-refractivity contribution in [2.24, 2.45) is 0 Å². The quantitative estimate of drug-likeness (QED) is 0.448. The van der Waals surface area contributed by atoms with E-state index in [-0.39, 0.29) is 12.5 Å². The predicted octanol–water partition coefficient (Wildman–Crippen LogP) is 1.38. The van der Waals surface area contributed by atoms with Crippen molar-refractivity contribution >= 4 is 11.6 Å². The maximum atomic E-state index is 13.1. The molecule has 0 amide bonds. The molecule has 11 nitrogen and oxygen atoms in total. The summed E-state index contributed by atoms with van der Waals surface area (Å²) in [5, 5.41) is 18.3. The van der Waals surface area contributed by atoms with E-state index in [1.54, 1.807) is 0 Å². The monoisotopic (exact) mass is 414 g/mol. The largest absolute Gasteiger partial charge is 0.369 e. The Bertz CT molecular complexity index is 1430. The first-order chi connectivity index (χ1) is 15.0. The number of tetrazole rings is 1. The van der Waals surface area contributed by atoms with Crippen LogP contribution in [-0.2, 0) is 6.54 Å². The molecule has 154 valence electrons. The number of hydrogen-bond donors (Lipinski definition) is 2. The second kappa shape index (κ2) is 7.13. The molecule has 0 atom stereocenters. The molecule has 0 aliphatic heterocycles. The Balaban J connectivity index is 1.85. The van der Waals surface area contributed by atoms with Crippen LogP contribution in [0.2, 0.25) is 0 Å². The van der Waals surface area contributed by atoms with Gasteiger partial charge in [0.05, 0.1) is 11.3 Å². The molecule has 0 spiro atoms. The van der Waals surface area contributed by atoms with Crippen LogP contribution in [0.1, 0.15) is 17.2 Å². The summed E-state index contributed by atoms with van der Waals surface area (Å²) in [5.74, 6) is 0.377. The predicted molar refractivity (Wildman–Crippen MR) is 113 cm³/mol. The molecule has 4 heterocycles. The van der Waals surface area contributed by atoms with Crippen molar-refractivity contribution in [2.45, 2.75) is 20.4 Å². The number of nitrogens with two attached hydrogens (primary N) is 1. The lowest BCUT2D eigenvalue weighted by molar-refractivity contribution is 0.632. The zero-order valence-corrected chi connectivity index (χ0v) is 16.8. The highest BCUT2D eigenvalue weighted by atomic mass is 16.2. The average Bonchev–Trinajstić information content (AvgIpc) is 3.36. The Hall–Kier alpha value is -4.41. The smallest absolute Gasteiger partial charge is 0.353 e.